The van der Waals surface area contributed by atoms with Gasteiger partial charge in [-0.25, -0.2) is 9.18 Å². The first kappa shape index (κ1) is 11.4. The number of hydrogen-bond acceptors (Lipinski definition) is 3. The fourth-order valence-corrected chi connectivity index (χ4v) is 1.28. The molecule has 0 saturated carbocycles. The van der Waals surface area contributed by atoms with Crippen LogP contribution in [0, 0.1) is 5.82 Å². The molecule has 0 aliphatic carbocycles. The summed E-state index contributed by atoms with van der Waals surface area (Å²) >= 11 is 0. The minimum atomic E-state index is -0.588. The Hall–Kier alpha value is -1.71. The summed E-state index contributed by atoms with van der Waals surface area (Å²) in [6.07, 6.45) is 1.47. The van der Waals surface area contributed by atoms with Crippen LogP contribution in [-0.4, -0.2) is 19.4 Å². The summed E-state index contributed by atoms with van der Waals surface area (Å²) in [5.41, 5.74) is 0.801. The van der Waals surface area contributed by atoms with Crippen LogP contribution in [0.15, 0.2) is 18.2 Å². The van der Waals surface area contributed by atoms with Gasteiger partial charge in [0, 0.05) is 6.42 Å². The fraction of sp³-hybridized carbons (Fsp3) is 0.273. The van der Waals surface area contributed by atoms with Crippen LogP contribution in [0.5, 0.6) is 0 Å². The Morgan fingerprint density at radius 1 is 1.53 bits per heavy atom. The number of benzene rings is 1. The van der Waals surface area contributed by atoms with Crippen molar-refractivity contribution in [2.75, 3.05) is 7.11 Å². The molecular weight excluding hydrogens is 199 g/mol. The highest BCUT2D eigenvalue weighted by Crippen LogP contribution is 2.14. The molecule has 0 spiro atoms. The molecule has 0 aliphatic heterocycles. The zero-order valence-electron chi connectivity index (χ0n) is 8.33. The molecule has 0 radical (unpaired) electrons. The van der Waals surface area contributed by atoms with Crippen LogP contribution in [0.1, 0.15) is 22.3 Å². The van der Waals surface area contributed by atoms with Crippen LogP contribution < -0.4 is 0 Å². The molecule has 0 saturated heterocycles. The minimum Gasteiger partial charge on any atom is -0.465 e. The van der Waals surface area contributed by atoms with E-state index in [0.717, 1.165) is 12.4 Å². The number of aldehydes is 1. The van der Waals surface area contributed by atoms with Crippen LogP contribution in [0.4, 0.5) is 4.39 Å². The van der Waals surface area contributed by atoms with Crippen molar-refractivity contribution < 1.29 is 18.7 Å². The van der Waals surface area contributed by atoms with Crippen LogP contribution in [0.25, 0.3) is 0 Å². The van der Waals surface area contributed by atoms with Crippen molar-refractivity contribution in [2.24, 2.45) is 0 Å². The number of ether oxygens (including phenoxy) is 1. The highest BCUT2D eigenvalue weighted by molar-refractivity contribution is 5.91. The number of carbonyl (C=O) groups excluding carboxylic acids is 2. The van der Waals surface area contributed by atoms with Gasteiger partial charge in [0.05, 0.1) is 12.7 Å². The summed E-state index contributed by atoms with van der Waals surface area (Å²) in [5, 5.41) is 0. The van der Waals surface area contributed by atoms with Gasteiger partial charge in [-0.05, 0) is 24.1 Å². The molecule has 0 N–H and O–H groups in total. The lowest BCUT2D eigenvalue weighted by Crippen LogP contribution is -2.06. The number of hydrogen-bond donors (Lipinski definition) is 0. The van der Waals surface area contributed by atoms with E-state index in [1.54, 1.807) is 0 Å². The van der Waals surface area contributed by atoms with E-state index in [-0.39, 0.29) is 5.56 Å². The zero-order valence-corrected chi connectivity index (χ0v) is 8.33. The number of esters is 1. The van der Waals surface area contributed by atoms with E-state index < -0.39 is 11.8 Å². The Kier molecular flexibility index (Phi) is 3.97. The summed E-state index contributed by atoms with van der Waals surface area (Å²) in [6.45, 7) is 0. The highest BCUT2D eigenvalue weighted by Gasteiger charge is 2.12. The van der Waals surface area contributed by atoms with E-state index in [1.807, 2.05) is 0 Å². The molecule has 0 amide bonds. The minimum absolute atomic E-state index is 0.180. The molecule has 0 heterocycles. The van der Waals surface area contributed by atoms with Crippen molar-refractivity contribution in [3.8, 4) is 0 Å². The Balaban J connectivity index is 3.02. The second-order valence-corrected chi connectivity index (χ2v) is 3.00. The number of halogens is 1. The normalized spacial score (nSPS) is 9.73. The van der Waals surface area contributed by atoms with Crippen LogP contribution >= 0.6 is 0 Å². The molecule has 0 aliphatic rings. The van der Waals surface area contributed by atoms with Gasteiger partial charge in [-0.1, -0.05) is 6.07 Å². The summed E-state index contributed by atoms with van der Waals surface area (Å²) in [4.78, 5) is 21.5. The van der Waals surface area contributed by atoms with Gasteiger partial charge in [-0.3, -0.25) is 0 Å². The molecule has 15 heavy (non-hydrogen) atoms. The topological polar surface area (TPSA) is 43.4 Å². The maximum Gasteiger partial charge on any atom is 0.338 e. The fourth-order valence-electron chi connectivity index (χ4n) is 1.28. The predicted molar refractivity (Wildman–Crippen MR) is 52.1 cm³/mol. The van der Waals surface area contributed by atoms with Gasteiger partial charge < -0.3 is 9.53 Å². The molecule has 0 fully saturated rings. The molecule has 1 aromatic carbocycles. The smallest absolute Gasteiger partial charge is 0.338 e. The number of rotatable bonds is 4. The third kappa shape index (κ3) is 2.87. The molecular formula is C11H11FO3. The van der Waals surface area contributed by atoms with E-state index in [2.05, 4.69) is 4.74 Å². The van der Waals surface area contributed by atoms with E-state index in [1.165, 1.54) is 19.2 Å². The molecule has 0 aromatic heterocycles. The van der Waals surface area contributed by atoms with Gasteiger partial charge in [0.1, 0.15) is 12.1 Å². The first-order valence-electron chi connectivity index (χ1n) is 4.49. The first-order valence-corrected chi connectivity index (χ1v) is 4.49. The molecule has 0 unspecified atom stereocenters. The van der Waals surface area contributed by atoms with E-state index in [4.69, 9.17) is 0 Å². The van der Waals surface area contributed by atoms with E-state index in [9.17, 15) is 14.0 Å². The van der Waals surface area contributed by atoms with Crippen molar-refractivity contribution in [1.82, 2.24) is 0 Å². The van der Waals surface area contributed by atoms with Crippen molar-refractivity contribution in [2.45, 2.75) is 12.8 Å². The van der Waals surface area contributed by atoms with Gasteiger partial charge in [-0.2, -0.15) is 0 Å². The second kappa shape index (κ2) is 5.24. The lowest BCUT2D eigenvalue weighted by Gasteiger charge is -2.06. The van der Waals surface area contributed by atoms with Crippen molar-refractivity contribution in [3.63, 3.8) is 0 Å². The van der Waals surface area contributed by atoms with Gasteiger partial charge in [0.2, 0.25) is 0 Å². The lowest BCUT2D eigenvalue weighted by molar-refractivity contribution is -0.107. The largest absolute Gasteiger partial charge is 0.465 e. The lowest BCUT2D eigenvalue weighted by atomic mass is 10.0. The Bertz CT molecular complexity index is 374. The Morgan fingerprint density at radius 2 is 2.27 bits per heavy atom. The van der Waals surface area contributed by atoms with Crippen molar-refractivity contribution in [3.05, 3.63) is 35.1 Å². The zero-order chi connectivity index (χ0) is 11.3. The number of aryl methyl sites for hydroxylation is 1. The molecule has 0 bridgehead atoms. The van der Waals surface area contributed by atoms with E-state index >= 15 is 0 Å². The van der Waals surface area contributed by atoms with E-state index in [0.29, 0.717) is 18.4 Å². The molecule has 4 heteroatoms. The first-order chi connectivity index (χ1) is 7.19. The van der Waals surface area contributed by atoms with Crippen LogP contribution in [-0.2, 0) is 16.0 Å². The standard InChI is InChI=1S/C11H11FO3/c1-15-11(14)10-7-9(12)5-4-8(10)3-2-6-13/h4-7H,2-3H2,1H3. The third-order valence-electron chi connectivity index (χ3n) is 2.01. The second-order valence-electron chi connectivity index (χ2n) is 3.00. The summed E-state index contributed by atoms with van der Waals surface area (Å²) < 4.78 is 17.4. The highest BCUT2D eigenvalue weighted by atomic mass is 19.1. The maximum atomic E-state index is 12.9. The van der Waals surface area contributed by atoms with Gasteiger partial charge in [0.15, 0.2) is 0 Å². The number of carbonyl (C=O) groups is 2. The third-order valence-corrected chi connectivity index (χ3v) is 2.01. The summed E-state index contributed by atoms with van der Waals surface area (Å²) in [6, 6.07) is 3.86. The molecule has 80 valence electrons. The number of methoxy groups -OCH3 is 1. The summed E-state index contributed by atoms with van der Waals surface area (Å²) in [5.74, 6) is -1.08. The van der Waals surface area contributed by atoms with Gasteiger partial charge in [-0.15, -0.1) is 0 Å². The SMILES string of the molecule is COC(=O)c1cc(F)ccc1CCC=O. The van der Waals surface area contributed by atoms with Crippen molar-refractivity contribution >= 4 is 12.3 Å². The average Bonchev–Trinajstić information content (AvgIpc) is 2.26. The van der Waals surface area contributed by atoms with Gasteiger partial charge in [0.25, 0.3) is 0 Å². The molecule has 0 atom stereocenters. The predicted octanol–water partition coefficient (Wildman–Crippen LogP) is 1.74. The Labute approximate surface area is 86.9 Å². The molecule has 3 nitrogen and oxygen atoms in total. The van der Waals surface area contributed by atoms with Crippen LogP contribution in [0.2, 0.25) is 0 Å². The van der Waals surface area contributed by atoms with Gasteiger partial charge >= 0.3 is 5.97 Å². The summed E-state index contributed by atoms with van der Waals surface area (Å²) in [7, 11) is 1.23. The maximum absolute atomic E-state index is 12.9. The van der Waals surface area contributed by atoms with Crippen LogP contribution in [0.3, 0.4) is 0 Å². The molecule has 1 aromatic rings. The average molecular weight is 210 g/mol. The van der Waals surface area contributed by atoms with Crippen molar-refractivity contribution in [1.29, 1.82) is 0 Å². The monoisotopic (exact) mass is 210 g/mol. The molecule has 1 rings (SSSR count). The quantitative estimate of drug-likeness (QED) is 0.561. The Morgan fingerprint density at radius 3 is 2.87 bits per heavy atom.